The monoisotopic (exact) mass is 456 g/mol. The van der Waals surface area contributed by atoms with E-state index in [1.54, 1.807) is 37.3 Å². The van der Waals surface area contributed by atoms with Crippen molar-refractivity contribution in [3.8, 4) is 11.8 Å². The van der Waals surface area contributed by atoms with Crippen molar-refractivity contribution in [2.24, 2.45) is 0 Å². The number of nitriles is 1. The third kappa shape index (κ3) is 3.96. The van der Waals surface area contributed by atoms with Crippen LogP contribution in [0.2, 0.25) is 0 Å². The van der Waals surface area contributed by atoms with E-state index in [1.165, 1.54) is 41.0 Å². The van der Waals surface area contributed by atoms with Crippen LogP contribution in [0, 0.1) is 18.3 Å². The van der Waals surface area contributed by atoms with Gasteiger partial charge in [0.1, 0.15) is 11.0 Å². The Morgan fingerprint density at radius 1 is 1.09 bits per heavy atom. The van der Waals surface area contributed by atoms with Gasteiger partial charge >= 0.3 is 6.18 Å². The number of aromatic nitrogens is 1. The van der Waals surface area contributed by atoms with Gasteiger partial charge in [-0.05, 0) is 61.7 Å². The van der Waals surface area contributed by atoms with Gasteiger partial charge in [0.25, 0.3) is 0 Å². The molecule has 164 valence electrons. The molecule has 0 atom stereocenters. The molecule has 4 nitrogen and oxygen atoms in total. The van der Waals surface area contributed by atoms with Crippen molar-refractivity contribution in [1.29, 1.82) is 5.26 Å². The summed E-state index contributed by atoms with van der Waals surface area (Å²) in [6.07, 6.45) is -1.70. The number of benzene rings is 2. The van der Waals surface area contributed by atoms with E-state index in [0.717, 1.165) is 18.9 Å². The van der Waals surface area contributed by atoms with E-state index in [9.17, 15) is 26.9 Å². The van der Waals surface area contributed by atoms with E-state index < -0.39 is 26.5 Å². The zero-order valence-corrected chi connectivity index (χ0v) is 17.9. The van der Waals surface area contributed by atoms with Crippen molar-refractivity contribution >= 4 is 15.9 Å². The lowest BCUT2D eigenvalue weighted by Gasteiger charge is -2.18. The lowest BCUT2D eigenvalue weighted by atomic mass is 10.1. The number of para-hydroxylation sites is 1. The number of halogens is 3. The first-order valence-electron chi connectivity index (χ1n) is 9.95. The fourth-order valence-corrected chi connectivity index (χ4v) is 5.01. The maximum Gasteiger partial charge on any atom is 0.418 e. The number of alkyl halides is 3. The Labute approximate surface area is 184 Å². The molecule has 0 unspecified atom stereocenters. The summed E-state index contributed by atoms with van der Waals surface area (Å²) in [6.45, 7) is 1.67. The number of hydrogen-bond acceptors (Lipinski definition) is 3. The first-order chi connectivity index (χ1) is 15.1. The van der Waals surface area contributed by atoms with Gasteiger partial charge in [0, 0.05) is 17.3 Å². The molecule has 1 aromatic heterocycles. The molecule has 0 amide bonds. The molecule has 8 heteroatoms. The van der Waals surface area contributed by atoms with Gasteiger partial charge in [0.05, 0.1) is 16.1 Å². The van der Waals surface area contributed by atoms with E-state index in [0.29, 0.717) is 17.0 Å². The second-order valence-corrected chi connectivity index (χ2v) is 9.61. The largest absolute Gasteiger partial charge is 0.418 e. The molecule has 1 aliphatic rings. The summed E-state index contributed by atoms with van der Waals surface area (Å²) in [7, 11) is -4.06. The molecule has 2 aromatic carbocycles. The van der Waals surface area contributed by atoms with Gasteiger partial charge in [0.15, 0.2) is 0 Å². The van der Waals surface area contributed by atoms with Crippen LogP contribution >= 0.6 is 0 Å². The van der Waals surface area contributed by atoms with Gasteiger partial charge in [-0.15, -0.1) is 0 Å². The van der Waals surface area contributed by atoms with Crippen molar-refractivity contribution < 1.29 is 21.6 Å². The van der Waals surface area contributed by atoms with E-state index in [4.69, 9.17) is 0 Å². The van der Waals surface area contributed by atoms with Gasteiger partial charge in [-0.1, -0.05) is 30.3 Å². The van der Waals surface area contributed by atoms with Gasteiger partial charge in [-0.25, -0.2) is 8.42 Å². The standard InChI is InChI=1S/C24H19F3N2O2S/c1-16-13-18(14-20(15-28)32(30,31)19-7-3-2-4-8-19)23(17-11-12-17)29(16)22-10-6-5-9-21(22)24(25,26)27/h2-10,13-14,17H,11-12H2,1H3/b20-14+. The molecular weight excluding hydrogens is 437 g/mol. The number of sulfone groups is 1. The molecule has 0 aliphatic heterocycles. The molecule has 0 N–H and O–H groups in total. The summed E-state index contributed by atoms with van der Waals surface area (Å²) in [5.41, 5.74) is 0.787. The van der Waals surface area contributed by atoms with Crippen molar-refractivity contribution in [2.75, 3.05) is 0 Å². The zero-order chi connectivity index (χ0) is 23.1. The molecule has 0 saturated heterocycles. The second kappa shape index (κ2) is 7.99. The van der Waals surface area contributed by atoms with E-state index >= 15 is 0 Å². The van der Waals surface area contributed by atoms with Crippen molar-refractivity contribution in [1.82, 2.24) is 4.57 Å². The number of hydrogen-bond donors (Lipinski definition) is 0. The van der Waals surface area contributed by atoms with Gasteiger partial charge in [-0.2, -0.15) is 18.4 Å². The Kier molecular flexibility index (Phi) is 5.47. The predicted octanol–water partition coefficient (Wildman–Crippen LogP) is 6.02. The highest BCUT2D eigenvalue weighted by Gasteiger charge is 2.37. The average Bonchev–Trinajstić information content (AvgIpc) is 3.54. The summed E-state index contributed by atoms with van der Waals surface area (Å²) in [5, 5.41) is 9.62. The fourth-order valence-electron chi connectivity index (χ4n) is 3.84. The van der Waals surface area contributed by atoms with Crippen LogP contribution in [0.5, 0.6) is 0 Å². The highest BCUT2D eigenvalue weighted by Crippen LogP contribution is 2.46. The van der Waals surface area contributed by atoms with Gasteiger partial charge in [-0.3, -0.25) is 0 Å². The molecule has 1 aliphatic carbocycles. The third-order valence-electron chi connectivity index (χ3n) is 5.41. The first kappa shape index (κ1) is 21.9. The molecule has 1 heterocycles. The van der Waals surface area contributed by atoms with Crippen LogP contribution in [-0.2, 0) is 16.0 Å². The van der Waals surface area contributed by atoms with Crippen LogP contribution in [0.1, 0.15) is 41.3 Å². The third-order valence-corrected chi connectivity index (χ3v) is 7.09. The average molecular weight is 456 g/mol. The number of rotatable bonds is 5. The Morgan fingerprint density at radius 3 is 2.31 bits per heavy atom. The molecule has 0 radical (unpaired) electrons. The molecule has 1 saturated carbocycles. The normalized spacial score (nSPS) is 14.9. The minimum absolute atomic E-state index is 0.00406. The summed E-state index contributed by atoms with van der Waals surface area (Å²) >= 11 is 0. The second-order valence-electron chi connectivity index (χ2n) is 7.69. The zero-order valence-electron chi connectivity index (χ0n) is 17.1. The maximum atomic E-state index is 13.7. The van der Waals surface area contributed by atoms with Gasteiger partial charge < -0.3 is 4.57 Å². The van der Waals surface area contributed by atoms with E-state index in [1.807, 2.05) is 0 Å². The Bertz CT molecular complexity index is 1340. The first-order valence-corrected chi connectivity index (χ1v) is 11.4. The van der Waals surface area contributed by atoms with Crippen molar-refractivity contribution in [2.45, 2.75) is 36.8 Å². The molecule has 0 bridgehead atoms. The van der Waals surface area contributed by atoms with Gasteiger partial charge in [0.2, 0.25) is 9.84 Å². The van der Waals surface area contributed by atoms with Crippen LogP contribution in [0.3, 0.4) is 0 Å². The van der Waals surface area contributed by atoms with E-state index in [2.05, 4.69) is 0 Å². The molecule has 1 fully saturated rings. The molecule has 4 rings (SSSR count). The minimum Gasteiger partial charge on any atom is -0.317 e. The summed E-state index contributed by atoms with van der Waals surface area (Å²) in [6, 6.07) is 16.3. The lowest BCUT2D eigenvalue weighted by Crippen LogP contribution is -2.13. The topological polar surface area (TPSA) is 62.9 Å². The quantitative estimate of drug-likeness (QED) is 0.441. The van der Waals surface area contributed by atoms with Crippen molar-refractivity contribution in [3.05, 3.63) is 88.1 Å². The van der Waals surface area contributed by atoms with Crippen LogP contribution in [-0.4, -0.2) is 13.0 Å². The van der Waals surface area contributed by atoms with Crippen molar-refractivity contribution in [3.63, 3.8) is 0 Å². The Hall–Kier alpha value is -3.31. The van der Waals surface area contributed by atoms with E-state index in [-0.39, 0.29) is 16.5 Å². The summed E-state index contributed by atoms with van der Waals surface area (Å²) in [4.78, 5) is -0.466. The molecule has 3 aromatic rings. The number of nitrogens with zero attached hydrogens (tertiary/aromatic N) is 2. The maximum absolute atomic E-state index is 13.7. The molecular formula is C24H19F3N2O2S. The fraction of sp³-hybridized carbons (Fsp3) is 0.208. The highest BCUT2D eigenvalue weighted by atomic mass is 32.2. The minimum atomic E-state index is -4.54. The lowest BCUT2D eigenvalue weighted by molar-refractivity contribution is -0.137. The van der Waals surface area contributed by atoms with Crippen LogP contribution in [0.15, 0.2) is 70.5 Å². The summed E-state index contributed by atoms with van der Waals surface area (Å²) < 4.78 is 68.5. The Balaban J connectivity index is 1.92. The molecule has 0 spiro atoms. The SMILES string of the molecule is Cc1cc(/C=C(\C#N)S(=O)(=O)c2ccccc2)c(C2CC2)n1-c1ccccc1C(F)(F)F. The molecule has 32 heavy (non-hydrogen) atoms. The Morgan fingerprint density at radius 2 is 1.72 bits per heavy atom. The van der Waals surface area contributed by atoms with Crippen LogP contribution in [0.25, 0.3) is 11.8 Å². The number of allylic oxidation sites excluding steroid dienone is 1. The van der Waals surface area contributed by atoms with Crippen LogP contribution in [0.4, 0.5) is 13.2 Å². The summed E-state index contributed by atoms with van der Waals surface area (Å²) in [5.74, 6) is -0.00406. The number of aryl methyl sites for hydroxylation is 1. The van der Waals surface area contributed by atoms with Crippen LogP contribution < -0.4 is 0 Å². The highest BCUT2D eigenvalue weighted by molar-refractivity contribution is 7.95. The smallest absolute Gasteiger partial charge is 0.317 e. The predicted molar refractivity (Wildman–Crippen MR) is 115 cm³/mol.